The number of hydrogen-bond donors (Lipinski definition) is 0. The van der Waals surface area contributed by atoms with Gasteiger partial charge in [-0.1, -0.05) is 12.1 Å². The Bertz CT molecular complexity index is 1080. The number of benzene rings is 1. The molecule has 0 N–H and O–H groups in total. The van der Waals surface area contributed by atoms with E-state index in [0.29, 0.717) is 10.8 Å². The minimum Gasteiger partial charge on any atom is -0.334 e. The molecule has 0 aliphatic rings. The zero-order valence-corrected chi connectivity index (χ0v) is 14.6. The molecule has 7 heteroatoms. The van der Waals surface area contributed by atoms with Crippen LogP contribution in [0.4, 0.5) is 0 Å². The van der Waals surface area contributed by atoms with Gasteiger partial charge in [-0.15, -0.1) is 11.3 Å². The van der Waals surface area contributed by atoms with Crippen LogP contribution in [0, 0.1) is 6.92 Å². The maximum absolute atomic E-state index is 12.3. The van der Waals surface area contributed by atoms with Crippen LogP contribution >= 0.6 is 11.3 Å². The highest BCUT2D eigenvalue weighted by Crippen LogP contribution is 2.23. The third-order valence-electron chi connectivity index (χ3n) is 3.92. The topological polar surface area (TPSA) is 73.6 Å². The Morgan fingerprint density at radius 2 is 2.12 bits per heavy atom. The van der Waals surface area contributed by atoms with Crippen LogP contribution < -0.4 is 0 Å². The van der Waals surface area contributed by atoms with Gasteiger partial charge < -0.3 is 4.57 Å². The number of Topliss-reactive ketones (excluding diaryl/α,β-unsaturated/α-hetero) is 1. The molecule has 0 spiro atoms. The molecule has 0 atom stereocenters. The van der Waals surface area contributed by atoms with Gasteiger partial charge in [0.05, 0.1) is 30.2 Å². The average molecular weight is 349 g/mol. The van der Waals surface area contributed by atoms with Crippen molar-refractivity contribution < 1.29 is 4.79 Å². The average Bonchev–Trinajstić information content (AvgIpc) is 3.22. The van der Waals surface area contributed by atoms with Gasteiger partial charge in [0.1, 0.15) is 5.82 Å². The molecule has 0 unspecified atom stereocenters. The Hall–Kier alpha value is -2.93. The molecule has 0 aliphatic heterocycles. The van der Waals surface area contributed by atoms with Gasteiger partial charge in [0.15, 0.2) is 10.8 Å². The number of fused-ring (bicyclic) bond motifs is 1. The van der Waals surface area contributed by atoms with Crippen molar-refractivity contribution >= 4 is 28.0 Å². The van der Waals surface area contributed by atoms with Gasteiger partial charge in [-0.3, -0.25) is 4.79 Å². The zero-order valence-electron chi connectivity index (χ0n) is 13.8. The van der Waals surface area contributed by atoms with Crippen LogP contribution in [0.25, 0.3) is 22.2 Å². The number of imidazole rings is 1. The van der Waals surface area contributed by atoms with E-state index in [1.807, 2.05) is 48.3 Å². The lowest BCUT2D eigenvalue weighted by Gasteiger charge is -2.05. The number of aryl methyl sites for hydroxylation is 2. The van der Waals surface area contributed by atoms with E-state index in [0.717, 1.165) is 27.9 Å². The molecule has 0 radical (unpaired) electrons. The molecule has 0 fully saturated rings. The summed E-state index contributed by atoms with van der Waals surface area (Å²) in [5.41, 5.74) is 3.70. The number of carbonyl (C=O) groups excluding carboxylic acids is 1. The molecule has 0 saturated heterocycles. The van der Waals surface area contributed by atoms with E-state index in [1.54, 1.807) is 12.5 Å². The minimum absolute atomic E-state index is 0.0553. The highest BCUT2D eigenvalue weighted by Gasteiger charge is 2.13. The van der Waals surface area contributed by atoms with Crippen LogP contribution in [0.3, 0.4) is 0 Å². The molecule has 6 nitrogen and oxygen atoms in total. The van der Waals surface area contributed by atoms with Crippen molar-refractivity contribution in [3.05, 3.63) is 58.8 Å². The summed E-state index contributed by atoms with van der Waals surface area (Å²) in [6.07, 6.45) is 5.49. The van der Waals surface area contributed by atoms with E-state index in [1.165, 1.54) is 11.3 Å². The lowest BCUT2D eigenvalue weighted by Crippen LogP contribution is -2.07. The summed E-state index contributed by atoms with van der Waals surface area (Å²) < 4.78 is 1.96. The van der Waals surface area contributed by atoms with E-state index < -0.39 is 0 Å². The fourth-order valence-electron chi connectivity index (χ4n) is 2.64. The molecule has 4 aromatic rings. The first kappa shape index (κ1) is 15.6. The minimum atomic E-state index is -0.0553. The molecule has 0 amide bonds. The van der Waals surface area contributed by atoms with Crippen LogP contribution in [0.15, 0.2) is 42.3 Å². The highest BCUT2D eigenvalue weighted by atomic mass is 32.1. The standard InChI is InChI=1S/C18H15N5OS/c1-11-9-25-18(21-11)16(24)6-17-20-7-13-4-3-12(5-14(13)22-17)15-8-19-10-23(15)2/h3-5,7-10H,6H2,1-2H3. The van der Waals surface area contributed by atoms with Gasteiger partial charge in [0.2, 0.25) is 0 Å². The number of nitrogens with zero attached hydrogens (tertiary/aromatic N) is 5. The van der Waals surface area contributed by atoms with E-state index in [-0.39, 0.29) is 12.2 Å². The largest absolute Gasteiger partial charge is 0.334 e. The van der Waals surface area contributed by atoms with Crippen molar-refractivity contribution in [1.82, 2.24) is 24.5 Å². The fraction of sp³-hybridized carbons (Fsp3) is 0.167. The zero-order chi connectivity index (χ0) is 17.4. The second kappa shape index (κ2) is 6.18. The number of hydrogen-bond acceptors (Lipinski definition) is 6. The first-order valence-corrected chi connectivity index (χ1v) is 8.66. The van der Waals surface area contributed by atoms with E-state index in [4.69, 9.17) is 0 Å². The quantitative estimate of drug-likeness (QED) is 0.529. The van der Waals surface area contributed by atoms with Crippen LogP contribution in [-0.2, 0) is 13.5 Å². The number of rotatable bonds is 4. The number of carbonyl (C=O) groups is 1. The number of ketones is 1. The molecule has 0 bridgehead atoms. The van der Waals surface area contributed by atoms with Crippen LogP contribution in [-0.4, -0.2) is 30.3 Å². The third kappa shape index (κ3) is 3.06. The van der Waals surface area contributed by atoms with Crippen molar-refractivity contribution in [2.24, 2.45) is 7.05 Å². The first-order chi connectivity index (χ1) is 12.1. The molecule has 3 aromatic heterocycles. The van der Waals surface area contributed by atoms with E-state index >= 15 is 0 Å². The van der Waals surface area contributed by atoms with E-state index in [2.05, 4.69) is 19.9 Å². The summed E-state index contributed by atoms with van der Waals surface area (Å²) in [5.74, 6) is 0.452. The predicted molar refractivity (Wildman–Crippen MR) is 96.6 cm³/mol. The smallest absolute Gasteiger partial charge is 0.198 e. The summed E-state index contributed by atoms with van der Waals surface area (Å²) in [4.78, 5) is 29.6. The Morgan fingerprint density at radius 1 is 1.24 bits per heavy atom. The van der Waals surface area contributed by atoms with Gasteiger partial charge in [-0.05, 0) is 13.0 Å². The highest BCUT2D eigenvalue weighted by molar-refractivity contribution is 7.11. The van der Waals surface area contributed by atoms with Crippen LogP contribution in [0.1, 0.15) is 21.3 Å². The maximum Gasteiger partial charge on any atom is 0.198 e. The summed E-state index contributed by atoms with van der Waals surface area (Å²) in [6, 6.07) is 5.99. The van der Waals surface area contributed by atoms with Crippen molar-refractivity contribution in [2.45, 2.75) is 13.3 Å². The van der Waals surface area contributed by atoms with Crippen molar-refractivity contribution in [2.75, 3.05) is 0 Å². The molecular weight excluding hydrogens is 334 g/mol. The van der Waals surface area contributed by atoms with Crippen LogP contribution in [0.5, 0.6) is 0 Å². The fourth-order valence-corrected chi connectivity index (χ4v) is 3.38. The predicted octanol–water partition coefficient (Wildman–Crippen LogP) is 3.22. The molecule has 25 heavy (non-hydrogen) atoms. The van der Waals surface area contributed by atoms with Gasteiger partial charge in [-0.25, -0.2) is 19.9 Å². The summed E-state index contributed by atoms with van der Waals surface area (Å²) in [5, 5.41) is 3.31. The number of aromatic nitrogens is 5. The van der Waals surface area contributed by atoms with Crippen molar-refractivity contribution in [3.63, 3.8) is 0 Å². The summed E-state index contributed by atoms with van der Waals surface area (Å²) >= 11 is 1.36. The van der Waals surface area contributed by atoms with Crippen molar-refractivity contribution in [3.8, 4) is 11.3 Å². The van der Waals surface area contributed by atoms with Gasteiger partial charge in [-0.2, -0.15) is 0 Å². The van der Waals surface area contributed by atoms with Crippen LogP contribution in [0.2, 0.25) is 0 Å². The molecular formula is C18H15N5OS. The monoisotopic (exact) mass is 349 g/mol. The van der Waals surface area contributed by atoms with Gasteiger partial charge >= 0.3 is 0 Å². The molecule has 0 aliphatic carbocycles. The molecule has 1 aromatic carbocycles. The lowest BCUT2D eigenvalue weighted by atomic mass is 10.1. The first-order valence-electron chi connectivity index (χ1n) is 7.78. The van der Waals surface area contributed by atoms with E-state index in [9.17, 15) is 4.79 Å². The Labute approximate surface area is 148 Å². The normalized spacial score (nSPS) is 11.1. The summed E-state index contributed by atoms with van der Waals surface area (Å²) in [6.45, 7) is 1.87. The van der Waals surface area contributed by atoms with Crippen molar-refractivity contribution in [1.29, 1.82) is 0 Å². The third-order valence-corrected chi connectivity index (χ3v) is 4.92. The number of thiazole rings is 1. The maximum atomic E-state index is 12.3. The summed E-state index contributed by atoms with van der Waals surface area (Å²) in [7, 11) is 1.95. The molecule has 3 heterocycles. The Morgan fingerprint density at radius 3 is 2.84 bits per heavy atom. The molecule has 0 saturated carbocycles. The second-order valence-electron chi connectivity index (χ2n) is 5.84. The Kier molecular flexibility index (Phi) is 3.85. The van der Waals surface area contributed by atoms with Gasteiger partial charge in [0.25, 0.3) is 0 Å². The Balaban J connectivity index is 1.67. The molecule has 4 rings (SSSR count). The molecule has 124 valence electrons. The lowest BCUT2D eigenvalue weighted by molar-refractivity contribution is 0.0990. The SMILES string of the molecule is Cc1csc(C(=O)Cc2ncc3ccc(-c4cncn4C)cc3n2)n1. The van der Waals surface area contributed by atoms with Gasteiger partial charge in [0, 0.05) is 35.3 Å². The second-order valence-corrected chi connectivity index (χ2v) is 6.70.